The lowest BCUT2D eigenvalue weighted by atomic mass is 9.81. The molecule has 0 atom stereocenters. The molecule has 0 amide bonds. The number of rotatable bonds is 13. The first-order valence-corrected chi connectivity index (χ1v) is 13.9. The van der Waals surface area contributed by atoms with Gasteiger partial charge in [0.1, 0.15) is 0 Å². The van der Waals surface area contributed by atoms with Gasteiger partial charge in [-0.1, -0.05) is 42.5 Å². The number of ether oxygens (including phenoxy) is 2. The van der Waals surface area contributed by atoms with Gasteiger partial charge in [-0.15, -0.1) is 0 Å². The molecule has 0 spiro atoms. The summed E-state index contributed by atoms with van der Waals surface area (Å²) in [5.41, 5.74) is 5.74. The number of dihydropyridines is 1. The lowest BCUT2D eigenvalue weighted by Crippen LogP contribution is -2.34. The molecule has 7 nitrogen and oxygen atoms in total. The van der Waals surface area contributed by atoms with Crippen molar-refractivity contribution >= 4 is 11.9 Å². The van der Waals surface area contributed by atoms with Crippen LogP contribution in [0.15, 0.2) is 102 Å². The lowest BCUT2D eigenvalue weighted by Gasteiger charge is -2.30. The first-order chi connectivity index (χ1) is 19.5. The molecule has 3 aromatic rings. The molecule has 208 valence electrons. The van der Waals surface area contributed by atoms with Crippen LogP contribution >= 0.6 is 0 Å². The Hall–Kier alpha value is -4.26. The van der Waals surface area contributed by atoms with Crippen LogP contribution < -0.4 is 5.32 Å². The van der Waals surface area contributed by atoms with Gasteiger partial charge in [0.05, 0.1) is 24.4 Å². The summed E-state index contributed by atoms with van der Waals surface area (Å²) >= 11 is 0. The predicted molar refractivity (Wildman–Crippen MR) is 154 cm³/mol. The number of allylic oxidation sites excluding steroid dienone is 2. The van der Waals surface area contributed by atoms with Crippen LogP contribution in [0.3, 0.4) is 0 Å². The van der Waals surface area contributed by atoms with E-state index in [2.05, 4.69) is 27.4 Å². The van der Waals surface area contributed by atoms with E-state index in [1.54, 1.807) is 12.4 Å². The molecule has 7 heteroatoms. The second-order valence-corrected chi connectivity index (χ2v) is 9.98. The Labute approximate surface area is 236 Å². The Morgan fingerprint density at radius 2 is 1.20 bits per heavy atom. The molecule has 0 fully saturated rings. The van der Waals surface area contributed by atoms with Crippen molar-refractivity contribution in [3.8, 4) is 0 Å². The standard InChI is InChI=1S/C33H37N3O4/c1-24-30(32(37)39-20-8-14-27-12-6-18-34-22-27)29(17-16-26-10-4-3-5-11-26)31(25(2)36-24)33(38)40-21-9-15-28-13-7-19-35-23-28/h3-7,10-13,18-19,22-23,29,36H,8-9,14-17,20-21H2,1-2H3. The third kappa shape index (κ3) is 8.12. The average Bonchev–Trinajstić information content (AvgIpc) is 2.97. The van der Waals surface area contributed by atoms with Crippen LogP contribution in [0.1, 0.15) is 49.8 Å². The number of aryl methyl sites for hydroxylation is 3. The molecule has 0 aliphatic carbocycles. The van der Waals surface area contributed by atoms with Gasteiger partial charge in [0.15, 0.2) is 0 Å². The minimum Gasteiger partial charge on any atom is -0.462 e. The van der Waals surface area contributed by atoms with E-state index in [1.807, 2.05) is 68.7 Å². The van der Waals surface area contributed by atoms with Gasteiger partial charge in [-0.2, -0.15) is 0 Å². The van der Waals surface area contributed by atoms with Crippen molar-refractivity contribution in [2.45, 2.75) is 52.4 Å². The fourth-order valence-electron chi connectivity index (χ4n) is 5.05. The predicted octanol–water partition coefficient (Wildman–Crippen LogP) is 5.53. The first-order valence-electron chi connectivity index (χ1n) is 13.9. The molecule has 1 aromatic carbocycles. The number of esters is 2. The van der Waals surface area contributed by atoms with Crippen LogP contribution in [-0.2, 0) is 38.3 Å². The van der Waals surface area contributed by atoms with Gasteiger partial charge in [0, 0.05) is 42.1 Å². The second-order valence-electron chi connectivity index (χ2n) is 9.98. The molecule has 4 rings (SSSR count). The molecule has 0 radical (unpaired) electrons. The number of benzene rings is 1. The Balaban J connectivity index is 1.43. The van der Waals surface area contributed by atoms with E-state index in [0.717, 1.165) is 29.5 Å². The van der Waals surface area contributed by atoms with Crippen LogP contribution in [0.4, 0.5) is 0 Å². The van der Waals surface area contributed by atoms with Crippen molar-refractivity contribution < 1.29 is 19.1 Å². The topological polar surface area (TPSA) is 90.4 Å². The third-order valence-corrected chi connectivity index (χ3v) is 7.02. The zero-order chi connectivity index (χ0) is 28.2. The van der Waals surface area contributed by atoms with Gasteiger partial charge >= 0.3 is 11.9 Å². The van der Waals surface area contributed by atoms with Crippen LogP contribution in [-0.4, -0.2) is 35.1 Å². The molecular weight excluding hydrogens is 502 g/mol. The molecule has 1 aliphatic rings. The van der Waals surface area contributed by atoms with Gasteiger partial charge in [0.2, 0.25) is 0 Å². The summed E-state index contributed by atoms with van der Waals surface area (Å²) < 4.78 is 11.5. The normalized spacial score (nSPS) is 13.7. The van der Waals surface area contributed by atoms with Crippen molar-refractivity contribution in [1.82, 2.24) is 15.3 Å². The second kappa shape index (κ2) is 14.8. The fraction of sp³-hybridized carbons (Fsp3) is 0.333. The minimum absolute atomic E-state index is 0.284. The largest absolute Gasteiger partial charge is 0.462 e. The first kappa shape index (κ1) is 28.7. The maximum atomic E-state index is 13.4. The van der Waals surface area contributed by atoms with Crippen LogP contribution in [0.2, 0.25) is 0 Å². The number of carbonyl (C=O) groups is 2. The smallest absolute Gasteiger partial charge is 0.336 e. The number of nitrogens with zero attached hydrogens (tertiary/aromatic N) is 2. The van der Waals surface area contributed by atoms with Crippen molar-refractivity contribution in [2.75, 3.05) is 13.2 Å². The molecule has 0 saturated heterocycles. The van der Waals surface area contributed by atoms with Gasteiger partial charge in [-0.25, -0.2) is 9.59 Å². The van der Waals surface area contributed by atoms with Crippen molar-refractivity contribution in [3.05, 3.63) is 119 Å². The highest BCUT2D eigenvalue weighted by Crippen LogP contribution is 2.35. The summed E-state index contributed by atoms with van der Waals surface area (Å²) in [6.07, 6.45) is 11.3. The number of hydrogen-bond donors (Lipinski definition) is 1. The van der Waals surface area contributed by atoms with E-state index < -0.39 is 17.9 Å². The number of carbonyl (C=O) groups excluding carboxylic acids is 2. The monoisotopic (exact) mass is 539 g/mol. The SMILES string of the molecule is CC1=C(C(=O)OCCCc2cccnc2)C(CCc2ccccc2)C(C(=O)OCCCc2cccnc2)=C(C)N1. The Kier molecular flexibility index (Phi) is 10.6. The molecule has 2 aromatic heterocycles. The summed E-state index contributed by atoms with van der Waals surface area (Å²) in [6, 6.07) is 17.9. The summed E-state index contributed by atoms with van der Waals surface area (Å²) in [4.78, 5) is 35.1. The number of aromatic nitrogens is 2. The maximum Gasteiger partial charge on any atom is 0.336 e. The van der Waals surface area contributed by atoms with E-state index in [0.29, 0.717) is 48.2 Å². The van der Waals surface area contributed by atoms with Crippen LogP contribution in [0, 0.1) is 5.92 Å². The average molecular weight is 540 g/mol. The Morgan fingerprint density at radius 1 is 0.700 bits per heavy atom. The van der Waals surface area contributed by atoms with Gasteiger partial charge in [-0.05, 0) is 81.2 Å². The summed E-state index contributed by atoms with van der Waals surface area (Å²) in [6.45, 7) is 4.29. The number of pyridine rings is 2. The Morgan fingerprint density at radius 3 is 1.68 bits per heavy atom. The fourth-order valence-corrected chi connectivity index (χ4v) is 5.05. The van der Waals surface area contributed by atoms with E-state index in [4.69, 9.17) is 9.47 Å². The minimum atomic E-state index is -0.432. The highest BCUT2D eigenvalue weighted by molar-refractivity contribution is 5.97. The van der Waals surface area contributed by atoms with Crippen molar-refractivity contribution in [3.63, 3.8) is 0 Å². The molecular formula is C33H37N3O4. The zero-order valence-electron chi connectivity index (χ0n) is 23.3. The van der Waals surface area contributed by atoms with E-state index in [-0.39, 0.29) is 13.2 Å². The summed E-state index contributed by atoms with van der Waals surface area (Å²) in [7, 11) is 0. The zero-order valence-corrected chi connectivity index (χ0v) is 23.3. The molecule has 1 N–H and O–H groups in total. The summed E-state index contributed by atoms with van der Waals surface area (Å²) in [5.74, 6) is -1.23. The van der Waals surface area contributed by atoms with Crippen LogP contribution in [0.5, 0.6) is 0 Å². The molecule has 0 bridgehead atoms. The van der Waals surface area contributed by atoms with Gasteiger partial charge < -0.3 is 14.8 Å². The molecule has 40 heavy (non-hydrogen) atoms. The van der Waals surface area contributed by atoms with Crippen molar-refractivity contribution in [1.29, 1.82) is 0 Å². The number of hydrogen-bond acceptors (Lipinski definition) is 7. The van der Waals surface area contributed by atoms with E-state index in [1.165, 1.54) is 0 Å². The third-order valence-electron chi connectivity index (χ3n) is 7.02. The van der Waals surface area contributed by atoms with Crippen molar-refractivity contribution in [2.24, 2.45) is 5.92 Å². The molecule has 0 saturated carbocycles. The molecule has 1 aliphatic heterocycles. The highest BCUT2D eigenvalue weighted by Gasteiger charge is 2.36. The van der Waals surface area contributed by atoms with E-state index in [9.17, 15) is 9.59 Å². The van der Waals surface area contributed by atoms with E-state index >= 15 is 0 Å². The van der Waals surface area contributed by atoms with Gasteiger partial charge in [-0.3, -0.25) is 9.97 Å². The Bertz CT molecular complexity index is 1240. The molecule has 0 unspecified atom stereocenters. The quantitative estimate of drug-likeness (QED) is 0.226. The molecule has 3 heterocycles. The lowest BCUT2D eigenvalue weighted by molar-refractivity contribution is -0.140. The van der Waals surface area contributed by atoms with Crippen LogP contribution in [0.25, 0.3) is 0 Å². The highest BCUT2D eigenvalue weighted by atomic mass is 16.5. The summed E-state index contributed by atoms with van der Waals surface area (Å²) in [5, 5.41) is 3.24. The van der Waals surface area contributed by atoms with Gasteiger partial charge in [0.25, 0.3) is 0 Å². The number of nitrogens with one attached hydrogen (secondary N) is 1. The maximum absolute atomic E-state index is 13.4.